The third kappa shape index (κ3) is 7.56. The molecule has 0 aromatic heterocycles. The predicted molar refractivity (Wildman–Crippen MR) is 159 cm³/mol. The summed E-state index contributed by atoms with van der Waals surface area (Å²) in [5.74, 6) is -0.894. The second-order valence-electron chi connectivity index (χ2n) is 10.8. The molecule has 1 spiro atoms. The van der Waals surface area contributed by atoms with E-state index in [-0.39, 0.29) is 36.0 Å². The average molecular weight is 598 g/mol. The summed E-state index contributed by atoms with van der Waals surface area (Å²) in [4.78, 5) is 63.1. The maximum atomic E-state index is 12.5. The largest absolute Gasteiger partial charge is 0.467 e. The summed E-state index contributed by atoms with van der Waals surface area (Å²) in [5.41, 5.74) is 1.37. The summed E-state index contributed by atoms with van der Waals surface area (Å²) in [6.07, 6.45) is 1.95. The summed E-state index contributed by atoms with van der Waals surface area (Å²) < 4.78 is 4.86. The number of hydrogen-bond acceptors (Lipinski definition) is 6. The van der Waals surface area contributed by atoms with Gasteiger partial charge in [-0.2, -0.15) is 0 Å². The number of nitrogens with zero attached hydrogens (tertiary/aromatic N) is 2. The molecule has 226 valence electrons. The number of β-lactam (4-membered cyclic amide) rings is 1. The van der Waals surface area contributed by atoms with Crippen molar-refractivity contribution in [1.29, 1.82) is 0 Å². The highest BCUT2D eigenvalue weighted by molar-refractivity contribution is 6.30. The van der Waals surface area contributed by atoms with Crippen LogP contribution in [0.5, 0.6) is 0 Å². The number of methoxy groups -OCH3 is 1. The molecule has 2 aromatic carbocycles. The van der Waals surface area contributed by atoms with E-state index in [4.69, 9.17) is 16.3 Å². The lowest BCUT2D eigenvalue weighted by molar-refractivity contribution is -0.175. The zero-order chi connectivity index (χ0) is 30.9. The number of amides is 3. The maximum Gasteiger partial charge on any atom is 0.328 e. The minimum Gasteiger partial charge on any atom is -0.467 e. The van der Waals surface area contributed by atoms with Gasteiger partial charge in [0.1, 0.15) is 22.7 Å². The van der Waals surface area contributed by atoms with Crippen LogP contribution in [0.25, 0.3) is 0 Å². The van der Waals surface area contributed by atoms with Crippen LogP contribution in [0, 0.1) is 5.92 Å². The van der Waals surface area contributed by atoms with Crippen LogP contribution >= 0.6 is 11.6 Å². The van der Waals surface area contributed by atoms with Gasteiger partial charge in [0.25, 0.3) is 0 Å². The van der Waals surface area contributed by atoms with Gasteiger partial charge in [0.15, 0.2) is 0 Å². The zero-order valence-corrected chi connectivity index (χ0v) is 25.4. The quantitative estimate of drug-likeness (QED) is 0.239. The minimum absolute atomic E-state index is 0.00512. The summed E-state index contributed by atoms with van der Waals surface area (Å²) in [5, 5.41) is 2.09. The second kappa shape index (κ2) is 15.0. The molecule has 0 radical (unpaired) electrons. The fraction of sp³-hybridized carbons (Fsp3) is 0.469. The van der Waals surface area contributed by atoms with Crippen molar-refractivity contribution in [3.8, 4) is 0 Å². The fourth-order valence-electron chi connectivity index (χ4n) is 5.52. The highest BCUT2D eigenvalue weighted by Crippen LogP contribution is 2.43. The highest BCUT2D eigenvalue weighted by Gasteiger charge is 2.63. The lowest BCUT2D eigenvalue weighted by Crippen LogP contribution is -2.72. The van der Waals surface area contributed by atoms with Crippen molar-refractivity contribution in [2.45, 2.75) is 76.5 Å². The van der Waals surface area contributed by atoms with Gasteiger partial charge >= 0.3 is 5.97 Å². The molecule has 2 aromatic rings. The molecule has 2 aliphatic rings. The predicted octanol–water partition coefficient (Wildman–Crippen LogP) is 3.87. The van der Waals surface area contributed by atoms with E-state index in [1.165, 1.54) is 18.9 Å². The Morgan fingerprint density at radius 3 is 2.17 bits per heavy atom. The van der Waals surface area contributed by atoms with Gasteiger partial charge in [-0.05, 0) is 44.2 Å². The molecule has 0 unspecified atom stereocenters. The van der Waals surface area contributed by atoms with Crippen molar-refractivity contribution in [3.05, 3.63) is 71.8 Å². The first-order valence-electron chi connectivity index (χ1n) is 14.2. The molecule has 1 N–H and O–H groups in total. The normalized spacial score (nSPS) is 20.5. The van der Waals surface area contributed by atoms with Crippen LogP contribution in [-0.4, -0.2) is 69.9 Å². The number of esters is 1. The Bertz CT molecular complexity index is 1260. The molecule has 9 nitrogen and oxygen atoms in total. The molecular weight excluding hydrogens is 558 g/mol. The Kier molecular flexibility index (Phi) is 11.7. The summed E-state index contributed by atoms with van der Waals surface area (Å²) >= 11 is 5.97. The van der Waals surface area contributed by atoms with Crippen molar-refractivity contribution in [3.63, 3.8) is 0 Å². The van der Waals surface area contributed by atoms with E-state index in [0.29, 0.717) is 32.4 Å². The van der Waals surface area contributed by atoms with E-state index in [1.54, 1.807) is 11.8 Å². The summed E-state index contributed by atoms with van der Waals surface area (Å²) in [6, 6.07) is 18.4. The number of halogens is 1. The van der Waals surface area contributed by atoms with Crippen LogP contribution in [0.3, 0.4) is 0 Å². The number of hydrogen-bond donors (Lipinski definition) is 1. The van der Waals surface area contributed by atoms with Crippen molar-refractivity contribution < 1.29 is 28.7 Å². The molecule has 3 amide bonds. The fourth-order valence-corrected chi connectivity index (χ4v) is 5.65. The van der Waals surface area contributed by atoms with E-state index in [1.807, 2.05) is 67.6 Å². The van der Waals surface area contributed by atoms with E-state index in [2.05, 4.69) is 5.32 Å². The van der Waals surface area contributed by atoms with Gasteiger partial charge in [-0.3, -0.25) is 14.4 Å². The molecule has 4 atom stereocenters. The molecule has 2 heterocycles. The lowest BCUT2D eigenvalue weighted by atomic mass is 9.72. The highest BCUT2D eigenvalue weighted by atomic mass is 35.5. The van der Waals surface area contributed by atoms with Gasteiger partial charge in [-0.1, -0.05) is 67.6 Å². The topological polar surface area (TPSA) is 113 Å². The van der Waals surface area contributed by atoms with E-state index in [9.17, 15) is 24.0 Å². The molecule has 42 heavy (non-hydrogen) atoms. The van der Waals surface area contributed by atoms with Crippen molar-refractivity contribution >= 4 is 41.1 Å². The number of likely N-dealkylation sites (tertiary alicyclic amines) is 1. The first-order valence-corrected chi connectivity index (χ1v) is 14.7. The number of alkyl halides is 1. The second-order valence-corrected chi connectivity index (χ2v) is 11.4. The van der Waals surface area contributed by atoms with E-state index >= 15 is 0 Å². The van der Waals surface area contributed by atoms with Crippen LogP contribution in [0.4, 0.5) is 0 Å². The smallest absolute Gasteiger partial charge is 0.328 e. The average Bonchev–Trinajstić information content (AvgIpc) is 3.40. The minimum atomic E-state index is -0.761. The number of carbonyl (C=O) groups excluding carboxylic acids is 5. The van der Waals surface area contributed by atoms with E-state index < -0.39 is 22.9 Å². The van der Waals surface area contributed by atoms with E-state index in [0.717, 1.165) is 17.5 Å². The van der Waals surface area contributed by atoms with Gasteiger partial charge in [0.2, 0.25) is 17.7 Å². The van der Waals surface area contributed by atoms with Crippen LogP contribution < -0.4 is 5.32 Å². The Balaban J connectivity index is 0.000000238. The number of rotatable bonds is 11. The number of carbonyl (C=O) groups is 5. The first-order chi connectivity index (χ1) is 20.0. The zero-order valence-electron chi connectivity index (χ0n) is 24.7. The summed E-state index contributed by atoms with van der Waals surface area (Å²) in [7, 11) is 1.29. The Hall–Kier alpha value is -3.72. The number of Topliss-reactive ketones (excluding diaryl/α,β-unsaturated/α-hetero) is 1. The summed E-state index contributed by atoms with van der Waals surface area (Å²) in [6.45, 7) is 6.39. The van der Waals surface area contributed by atoms with Crippen molar-refractivity contribution in [2.24, 2.45) is 5.92 Å². The number of ketones is 1. The third-order valence-corrected chi connectivity index (χ3v) is 8.06. The molecule has 2 saturated heterocycles. The van der Waals surface area contributed by atoms with Crippen LogP contribution in [0.15, 0.2) is 60.7 Å². The van der Waals surface area contributed by atoms with Gasteiger partial charge in [0.05, 0.1) is 13.0 Å². The van der Waals surface area contributed by atoms with Crippen molar-refractivity contribution in [1.82, 2.24) is 15.1 Å². The van der Waals surface area contributed by atoms with Gasteiger partial charge in [-0.25, -0.2) is 4.79 Å². The molecule has 0 bridgehead atoms. The first kappa shape index (κ1) is 32.8. The standard InChI is InChI=1S/C18H24ClNO4.C14H16N2O2/c1-13(21)8-7-11-16(18(23)24-3)20(17(22)14(2)19)12-15-9-5-4-6-10-15;1-10-12(17)16(9-11-5-3-2-4-6-11)14(10)7-8-15-13(14)18/h4-6,9-10,14,16H,7-8,11-12H2,1-3H3;2-6,10H,7-9H2,1H3,(H,15,18)/t14-,16+;10-,14+/m10/s1. The van der Waals surface area contributed by atoms with Crippen LogP contribution in [0.2, 0.25) is 0 Å². The molecule has 0 aliphatic carbocycles. The molecule has 2 aliphatic heterocycles. The van der Waals surface area contributed by atoms with Gasteiger partial charge in [-0.15, -0.1) is 11.6 Å². The molecule has 4 rings (SSSR count). The number of ether oxygens (including phenoxy) is 1. The monoisotopic (exact) mass is 597 g/mol. The number of nitrogens with one attached hydrogen (secondary N) is 1. The Morgan fingerprint density at radius 2 is 1.67 bits per heavy atom. The molecular formula is C32H40ClN3O6. The molecule has 2 fully saturated rings. The molecule has 0 saturated carbocycles. The Labute approximate surface area is 252 Å². The van der Waals surface area contributed by atoms with Gasteiger partial charge < -0.3 is 24.6 Å². The van der Waals surface area contributed by atoms with Crippen molar-refractivity contribution in [2.75, 3.05) is 13.7 Å². The molecule has 10 heteroatoms. The van der Waals surface area contributed by atoms with Crippen LogP contribution in [0.1, 0.15) is 57.6 Å². The Morgan fingerprint density at radius 1 is 1.07 bits per heavy atom. The number of benzene rings is 2. The van der Waals surface area contributed by atoms with Gasteiger partial charge in [0, 0.05) is 26.1 Å². The third-order valence-electron chi connectivity index (χ3n) is 7.88. The maximum absolute atomic E-state index is 12.5. The lowest BCUT2D eigenvalue weighted by Gasteiger charge is -2.52. The SMILES string of the molecule is COC(=O)[C@H](CCCC(C)=O)N(Cc1ccccc1)C(=O)[C@@H](C)Cl.C[C@H]1C(=O)N(Cc2ccccc2)[C@]12CCNC2=O. The van der Waals surface area contributed by atoms with Crippen LogP contribution in [-0.2, 0) is 41.8 Å².